The molecule has 1 aromatic carbocycles. The monoisotopic (exact) mass is 293 g/mol. The molecule has 112 valence electrons. The Labute approximate surface area is 129 Å². The first kappa shape index (κ1) is 13.2. The third-order valence-corrected chi connectivity index (χ3v) is 4.09. The summed E-state index contributed by atoms with van der Waals surface area (Å²) in [6.07, 6.45) is 5.01. The summed E-state index contributed by atoms with van der Waals surface area (Å²) in [6.45, 7) is 1.70. The van der Waals surface area contributed by atoms with Crippen molar-refractivity contribution in [1.82, 2.24) is 9.97 Å². The quantitative estimate of drug-likeness (QED) is 0.773. The summed E-state index contributed by atoms with van der Waals surface area (Å²) in [6, 6.07) is 12.4. The van der Waals surface area contributed by atoms with Crippen LogP contribution in [-0.4, -0.2) is 23.1 Å². The van der Waals surface area contributed by atoms with E-state index < -0.39 is 0 Å². The van der Waals surface area contributed by atoms with Gasteiger partial charge < -0.3 is 15.0 Å². The van der Waals surface area contributed by atoms with Crippen molar-refractivity contribution >= 4 is 16.6 Å². The minimum absolute atomic E-state index is 0.648. The average Bonchev–Trinajstić information content (AvgIpc) is 3.02. The number of ether oxygens (including phenoxy) is 1. The molecule has 22 heavy (non-hydrogen) atoms. The van der Waals surface area contributed by atoms with E-state index in [0.29, 0.717) is 6.61 Å². The van der Waals surface area contributed by atoms with Crippen molar-refractivity contribution in [1.29, 1.82) is 0 Å². The van der Waals surface area contributed by atoms with E-state index >= 15 is 0 Å². The lowest BCUT2D eigenvalue weighted by molar-refractivity contribution is 0.321. The van der Waals surface area contributed by atoms with Crippen LogP contribution < -0.4 is 10.1 Å². The van der Waals surface area contributed by atoms with Crippen LogP contribution in [0.15, 0.2) is 42.6 Å². The maximum atomic E-state index is 5.86. The zero-order valence-corrected chi connectivity index (χ0v) is 12.4. The first-order chi connectivity index (χ1) is 10.9. The van der Waals surface area contributed by atoms with Crippen molar-refractivity contribution in [2.45, 2.75) is 19.3 Å². The Kier molecular flexibility index (Phi) is 3.43. The normalized spacial score (nSPS) is 13.6. The number of nitrogens with zero attached hydrogens (tertiary/aromatic N) is 1. The van der Waals surface area contributed by atoms with Gasteiger partial charge in [-0.25, -0.2) is 0 Å². The van der Waals surface area contributed by atoms with E-state index in [1.807, 2.05) is 18.3 Å². The number of benzene rings is 1. The molecule has 0 atom stereocenters. The Bertz CT molecular complexity index is 794. The molecule has 0 aliphatic carbocycles. The summed E-state index contributed by atoms with van der Waals surface area (Å²) in [5.74, 6) is 0.909. The van der Waals surface area contributed by atoms with Crippen molar-refractivity contribution in [2.24, 2.45) is 0 Å². The molecular weight excluding hydrogens is 274 g/mol. The summed E-state index contributed by atoms with van der Waals surface area (Å²) < 4.78 is 5.86. The van der Waals surface area contributed by atoms with Crippen molar-refractivity contribution in [3.05, 3.63) is 54.0 Å². The van der Waals surface area contributed by atoms with Crippen LogP contribution in [0.2, 0.25) is 0 Å². The molecule has 2 N–H and O–H groups in total. The third-order valence-electron chi connectivity index (χ3n) is 4.09. The first-order valence-electron chi connectivity index (χ1n) is 7.81. The van der Waals surface area contributed by atoms with E-state index in [2.05, 4.69) is 34.6 Å². The molecule has 4 nitrogen and oxygen atoms in total. The Morgan fingerprint density at radius 2 is 2.14 bits per heavy atom. The van der Waals surface area contributed by atoms with Crippen LogP contribution in [0.1, 0.15) is 17.8 Å². The molecule has 0 radical (unpaired) electrons. The second-order valence-corrected chi connectivity index (χ2v) is 5.65. The molecule has 0 fully saturated rings. The Hall–Kier alpha value is -2.49. The highest BCUT2D eigenvalue weighted by Gasteiger charge is 2.10. The van der Waals surface area contributed by atoms with Gasteiger partial charge in [-0.15, -0.1) is 0 Å². The topological polar surface area (TPSA) is 49.9 Å². The van der Waals surface area contributed by atoms with Gasteiger partial charge in [-0.1, -0.05) is 0 Å². The van der Waals surface area contributed by atoms with Crippen molar-refractivity contribution in [3.63, 3.8) is 0 Å². The van der Waals surface area contributed by atoms with Crippen LogP contribution >= 0.6 is 0 Å². The highest BCUT2D eigenvalue weighted by molar-refractivity contribution is 5.80. The Morgan fingerprint density at radius 3 is 3.14 bits per heavy atom. The zero-order valence-electron chi connectivity index (χ0n) is 12.4. The molecule has 0 saturated carbocycles. The molecule has 0 spiro atoms. The Morgan fingerprint density at radius 1 is 1.14 bits per heavy atom. The molecule has 0 bridgehead atoms. The van der Waals surface area contributed by atoms with Gasteiger partial charge >= 0.3 is 0 Å². The molecule has 3 heterocycles. The summed E-state index contributed by atoms with van der Waals surface area (Å²) in [5, 5.41) is 4.57. The van der Waals surface area contributed by atoms with Crippen LogP contribution in [0, 0.1) is 0 Å². The number of aryl methyl sites for hydroxylation is 1. The number of fused-ring (bicyclic) bond motifs is 2. The zero-order chi connectivity index (χ0) is 14.8. The highest BCUT2D eigenvalue weighted by atomic mass is 16.5. The lowest BCUT2D eigenvalue weighted by atomic mass is 10.1. The Balaban J connectivity index is 1.40. The predicted octanol–water partition coefficient (Wildman–Crippen LogP) is 3.54. The lowest BCUT2D eigenvalue weighted by Crippen LogP contribution is -2.14. The second-order valence-electron chi connectivity index (χ2n) is 5.65. The van der Waals surface area contributed by atoms with Gasteiger partial charge in [0.25, 0.3) is 0 Å². The lowest BCUT2D eigenvalue weighted by Gasteiger charge is -2.17. The number of anilines is 1. The number of H-pyrrole nitrogens is 1. The number of hydrogen-bond acceptors (Lipinski definition) is 3. The number of pyridine rings is 1. The van der Waals surface area contributed by atoms with Crippen LogP contribution in [0.25, 0.3) is 10.9 Å². The molecule has 0 amide bonds. The second kappa shape index (κ2) is 5.72. The molecular formula is C18H19N3O. The molecule has 4 rings (SSSR count). The third kappa shape index (κ3) is 2.64. The van der Waals surface area contributed by atoms with E-state index in [4.69, 9.17) is 9.72 Å². The van der Waals surface area contributed by atoms with Gasteiger partial charge in [0.1, 0.15) is 5.75 Å². The number of hydrogen-bond donors (Lipinski definition) is 2. The minimum Gasteiger partial charge on any atom is -0.493 e. The molecule has 0 saturated heterocycles. The van der Waals surface area contributed by atoms with Gasteiger partial charge in [0.15, 0.2) is 0 Å². The fraction of sp³-hybridized carbons (Fsp3) is 0.278. The fourth-order valence-corrected chi connectivity index (χ4v) is 2.91. The van der Waals surface area contributed by atoms with Gasteiger partial charge in [-0.05, 0) is 49.2 Å². The van der Waals surface area contributed by atoms with Gasteiger partial charge in [-0.3, -0.25) is 4.98 Å². The SMILES string of the molecule is c1cc2cc(OCCc3ccc4c(n3)CCCN4)ccc2[nH]1. The van der Waals surface area contributed by atoms with Crippen LogP contribution in [0.5, 0.6) is 5.75 Å². The van der Waals surface area contributed by atoms with Gasteiger partial charge in [0.2, 0.25) is 0 Å². The van der Waals surface area contributed by atoms with Gasteiger partial charge in [0, 0.05) is 35.8 Å². The molecule has 0 unspecified atom stereocenters. The summed E-state index contributed by atoms with van der Waals surface area (Å²) in [5.41, 5.74) is 4.62. The standard InChI is InChI=1S/C18H19N3O/c1-2-18-17(19-9-1)5-3-14(21-18)8-11-22-15-4-6-16-13(12-15)7-10-20-16/h3-7,10,12,19-20H,1-2,8-9,11H2. The molecule has 4 heteroatoms. The van der Waals surface area contributed by atoms with E-state index in [1.54, 1.807) is 0 Å². The summed E-state index contributed by atoms with van der Waals surface area (Å²) in [7, 11) is 0. The maximum absolute atomic E-state index is 5.86. The molecule has 3 aromatic rings. The summed E-state index contributed by atoms with van der Waals surface area (Å²) >= 11 is 0. The van der Waals surface area contributed by atoms with Crippen LogP contribution in [-0.2, 0) is 12.8 Å². The van der Waals surface area contributed by atoms with Crippen molar-refractivity contribution < 1.29 is 4.74 Å². The molecule has 1 aliphatic rings. The first-order valence-corrected chi connectivity index (χ1v) is 7.81. The smallest absolute Gasteiger partial charge is 0.120 e. The average molecular weight is 293 g/mol. The maximum Gasteiger partial charge on any atom is 0.120 e. The van der Waals surface area contributed by atoms with E-state index in [-0.39, 0.29) is 0 Å². The van der Waals surface area contributed by atoms with Crippen molar-refractivity contribution in [2.75, 3.05) is 18.5 Å². The van der Waals surface area contributed by atoms with E-state index in [0.717, 1.165) is 42.8 Å². The fourth-order valence-electron chi connectivity index (χ4n) is 2.91. The largest absolute Gasteiger partial charge is 0.493 e. The van der Waals surface area contributed by atoms with E-state index in [9.17, 15) is 0 Å². The minimum atomic E-state index is 0.648. The van der Waals surface area contributed by atoms with E-state index in [1.165, 1.54) is 16.8 Å². The van der Waals surface area contributed by atoms with Crippen LogP contribution in [0.4, 0.5) is 5.69 Å². The summed E-state index contributed by atoms with van der Waals surface area (Å²) in [4.78, 5) is 7.92. The van der Waals surface area contributed by atoms with Crippen molar-refractivity contribution in [3.8, 4) is 5.75 Å². The predicted molar refractivity (Wildman–Crippen MR) is 88.5 cm³/mol. The van der Waals surface area contributed by atoms with Crippen LogP contribution in [0.3, 0.4) is 0 Å². The van der Waals surface area contributed by atoms with Gasteiger partial charge in [-0.2, -0.15) is 0 Å². The number of aromatic amines is 1. The number of aromatic nitrogens is 2. The number of nitrogens with one attached hydrogen (secondary N) is 2. The molecule has 2 aromatic heterocycles. The molecule has 1 aliphatic heterocycles. The number of rotatable bonds is 4. The van der Waals surface area contributed by atoms with Gasteiger partial charge in [0.05, 0.1) is 18.0 Å². The highest BCUT2D eigenvalue weighted by Crippen LogP contribution is 2.21.